The van der Waals surface area contributed by atoms with Crippen LogP contribution in [0.3, 0.4) is 0 Å². The van der Waals surface area contributed by atoms with Gasteiger partial charge in [0.05, 0.1) is 12.7 Å². The van der Waals surface area contributed by atoms with Crippen molar-refractivity contribution in [3.05, 3.63) is 29.8 Å². The third-order valence-corrected chi connectivity index (χ3v) is 3.15. The van der Waals surface area contributed by atoms with Crippen molar-refractivity contribution in [1.29, 1.82) is 0 Å². The van der Waals surface area contributed by atoms with E-state index < -0.39 is 6.10 Å². The van der Waals surface area contributed by atoms with Crippen LogP contribution in [-0.4, -0.2) is 42.3 Å². The van der Waals surface area contributed by atoms with Gasteiger partial charge in [-0.2, -0.15) is 0 Å². The lowest BCUT2D eigenvalue weighted by molar-refractivity contribution is 0.144. The summed E-state index contributed by atoms with van der Waals surface area (Å²) >= 11 is 0. The maximum atomic E-state index is 12.0. The molecular formula is C14H20N2O3. The Hall–Kier alpha value is -1.59. The van der Waals surface area contributed by atoms with E-state index in [2.05, 4.69) is 5.32 Å². The molecule has 0 saturated carbocycles. The molecule has 0 radical (unpaired) electrons. The molecule has 2 N–H and O–H groups in total. The van der Waals surface area contributed by atoms with Gasteiger partial charge in [0.25, 0.3) is 0 Å². The molecule has 19 heavy (non-hydrogen) atoms. The van der Waals surface area contributed by atoms with Gasteiger partial charge in [-0.15, -0.1) is 0 Å². The fraction of sp³-hybridized carbons (Fsp3) is 0.500. The first-order valence-corrected chi connectivity index (χ1v) is 6.58. The average Bonchev–Trinajstić information content (AvgIpc) is 2.68. The van der Waals surface area contributed by atoms with Crippen molar-refractivity contribution in [1.82, 2.24) is 4.90 Å². The van der Waals surface area contributed by atoms with Crippen LogP contribution in [0.15, 0.2) is 24.3 Å². The number of hydrogen-bond donors (Lipinski definition) is 2. The standard InChI is InChI=1S/C14H20N2O3/c1-11(17)12-3-5-13(6-4-12)15-14(18)16-7-2-9-19-10-8-16/h3-6,11,17H,2,7-10H2,1H3,(H,15,18). The summed E-state index contributed by atoms with van der Waals surface area (Å²) in [5, 5.41) is 12.3. The van der Waals surface area contributed by atoms with E-state index in [9.17, 15) is 9.90 Å². The number of aliphatic hydroxyl groups excluding tert-OH is 1. The molecule has 0 aromatic heterocycles. The Bertz CT molecular complexity index is 409. The lowest BCUT2D eigenvalue weighted by Gasteiger charge is -2.20. The molecule has 0 bridgehead atoms. The molecule has 104 valence electrons. The predicted molar refractivity (Wildman–Crippen MR) is 73.1 cm³/mol. The number of anilines is 1. The molecule has 1 saturated heterocycles. The van der Waals surface area contributed by atoms with Crippen molar-refractivity contribution in [2.45, 2.75) is 19.4 Å². The molecule has 0 spiro atoms. The second kappa shape index (κ2) is 6.54. The molecule has 1 fully saturated rings. The summed E-state index contributed by atoms with van der Waals surface area (Å²) in [5.41, 5.74) is 1.57. The fourth-order valence-corrected chi connectivity index (χ4v) is 2.00. The number of carbonyl (C=O) groups is 1. The normalized spacial score (nSPS) is 17.7. The molecule has 1 aliphatic heterocycles. The maximum Gasteiger partial charge on any atom is 0.321 e. The van der Waals surface area contributed by atoms with Crippen molar-refractivity contribution >= 4 is 11.7 Å². The largest absolute Gasteiger partial charge is 0.389 e. The van der Waals surface area contributed by atoms with Crippen LogP contribution < -0.4 is 5.32 Å². The zero-order valence-corrected chi connectivity index (χ0v) is 11.1. The lowest BCUT2D eigenvalue weighted by Crippen LogP contribution is -2.36. The minimum Gasteiger partial charge on any atom is -0.389 e. The topological polar surface area (TPSA) is 61.8 Å². The molecule has 1 aromatic carbocycles. The minimum absolute atomic E-state index is 0.102. The summed E-state index contributed by atoms with van der Waals surface area (Å²) < 4.78 is 5.32. The Kier molecular flexibility index (Phi) is 4.76. The third-order valence-electron chi connectivity index (χ3n) is 3.15. The highest BCUT2D eigenvalue weighted by molar-refractivity contribution is 5.89. The van der Waals surface area contributed by atoms with Gasteiger partial charge in [-0.3, -0.25) is 0 Å². The number of urea groups is 1. The molecule has 1 heterocycles. The highest BCUT2D eigenvalue weighted by Crippen LogP contribution is 2.16. The first kappa shape index (κ1) is 13.8. The van der Waals surface area contributed by atoms with Gasteiger partial charge in [-0.05, 0) is 31.0 Å². The second-order valence-electron chi connectivity index (χ2n) is 4.68. The van der Waals surface area contributed by atoms with E-state index in [1.54, 1.807) is 24.0 Å². The number of amides is 2. The summed E-state index contributed by atoms with van der Waals surface area (Å²) in [5.74, 6) is 0. The Labute approximate surface area is 113 Å². The first-order chi connectivity index (χ1) is 9.16. The predicted octanol–water partition coefficient (Wildman–Crippen LogP) is 1.99. The van der Waals surface area contributed by atoms with E-state index in [4.69, 9.17) is 4.74 Å². The average molecular weight is 264 g/mol. The molecule has 2 rings (SSSR count). The van der Waals surface area contributed by atoms with Gasteiger partial charge in [0.15, 0.2) is 0 Å². The summed E-state index contributed by atoms with van der Waals surface area (Å²) in [7, 11) is 0. The van der Waals surface area contributed by atoms with Gasteiger partial charge in [-0.1, -0.05) is 12.1 Å². The number of nitrogens with one attached hydrogen (secondary N) is 1. The van der Waals surface area contributed by atoms with E-state index in [0.29, 0.717) is 19.8 Å². The van der Waals surface area contributed by atoms with Crippen LogP contribution in [0, 0.1) is 0 Å². The van der Waals surface area contributed by atoms with Crippen LogP contribution >= 0.6 is 0 Å². The Morgan fingerprint density at radius 1 is 1.32 bits per heavy atom. The van der Waals surface area contributed by atoms with Crippen molar-refractivity contribution in [2.24, 2.45) is 0 Å². The molecule has 1 aromatic rings. The van der Waals surface area contributed by atoms with E-state index in [0.717, 1.165) is 24.2 Å². The molecule has 5 heteroatoms. The summed E-state index contributed by atoms with van der Waals surface area (Å²) in [6.45, 7) is 4.36. The lowest BCUT2D eigenvalue weighted by atomic mass is 10.1. The monoisotopic (exact) mass is 264 g/mol. The number of aliphatic hydroxyl groups is 1. The summed E-state index contributed by atoms with van der Waals surface area (Å²) in [4.78, 5) is 13.8. The molecule has 1 atom stereocenters. The van der Waals surface area contributed by atoms with E-state index in [-0.39, 0.29) is 6.03 Å². The van der Waals surface area contributed by atoms with Gasteiger partial charge in [0, 0.05) is 25.4 Å². The Morgan fingerprint density at radius 3 is 2.74 bits per heavy atom. The van der Waals surface area contributed by atoms with E-state index in [1.165, 1.54) is 0 Å². The summed E-state index contributed by atoms with van der Waals surface area (Å²) in [6, 6.07) is 7.12. The van der Waals surface area contributed by atoms with Crippen LogP contribution in [0.4, 0.5) is 10.5 Å². The third kappa shape index (κ3) is 3.94. The van der Waals surface area contributed by atoms with Crippen LogP contribution in [-0.2, 0) is 4.74 Å². The summed E-state index contributed by atoms with van der Waals surface area (Å²) in [6.07, 6.45) is 0.376. The van der Waals surface area contributed by atoms with Gasteiger partial charge in [0.1, 0.15) is 0 Å². The number of hydrogen-bond acceptors (Lipinski definition) is 3. The SMILES string of the molecule is CC(O)c1ccc(NC(=O)N2CCCOCC2)cc1. The fourth-order valence-electron chi connectivity index (χ4n) is 2.00. The van der Waals surface area contributed by atoms with E-state index >= 15 is 0 Å². The minimum atomic E-state index is -0.493. The van der Waals surface area contributed by atoms with Crippen molar-refractivity contribution in [3.8, 4) is 0 Å². The molecule has 5 nitrogen and oxygen atoms in total. The van der Waals surface area contributed by atoms with E-state index in [1.807, 2.05) is 12.1 Å². The first-order valence-electron chi connectivity index (χ1n) is 6.58. The molecule has 1 unspecified atom stereocenters. The Morgan fingerprint density at radius 2 is 2.05 bits per heavy atom. The van der Waals surface area contributed by atoms with Gasteiger partial charge in [0.2, 0.25) is 0 Å². The van der Waals surface area contributed by atoms with Crippen LogP contribution in [0.5, 0.6) is 0 Å². The zero-order valence-electron chi connectivity index (χ0n) is 11.1. The second-order valence-corrected chi connectivity index (χ2v) is 4.68. The highest BCUT2D eigenvalue weighted by Gasteiger charge is 2.15. The van der Waals surface area contributed by atoms with Crippen LogP contribution in [0.1, 0.15) is 25.0 Å². The number of benzene rings is 1. The van der Waals surface area contributed by atoms with Crippen molar-refractivity contribution < 1.29 is 14.6 Å². The highest BCUT2D eigenvalue weighted by atomic mass is 16.5. The number of rotatable bonds is 2. The smallest absolute Gasteiger partial charge is 0.321 e. The molecule has 0 aliphatic carbocycles. The number of carbonyl (C=O) groups excluding carboxylic acids is 1. The van der Waals surface area contributed by atoms with Gasteiger partial charge >= 0.3 is 6.03 Å². The van der Waals surface area contributed by atoms with Crippen molar-refractivity contribution in [3.63, 3.8) is 0 Å². The Balaban J connectivity index is 1.94. The number of ether oxygens (including phenoxy) is 1. The number of nitrogens with zero attached hydrogens (tertiary/aromatic N) is 1. The van der Waals surface area contributed by atoms with Crippen LogP contribution in [0.25, 0.3) is 0 Å². The molecule has 2 amide bonds. The van der Waals surface area contributed by atoms with Crippen molar-refractivity contribution in [2.75, 3.05) is 31.6 Å². The maximum absolute atomic E-state index is 12.0. The quantitative estimate of drug-likeness (QED) is 0.858. The van der Waals surface area contributed by atoms with Gasteiger partial charge in [-0.25, -0.2) is 4.79 Å². The van der Waals surface area contributed by atoms with Gasteiger partial charge < -0.3 is 20.1 Å². The molecular weight excluding hydrogens is 244 g/mol. The molecule has 1 aliphatic rings. The van der Waals surface area contributed by atoms with Crippen LogP contribution in [0.2, 0.25) is 0 Å². The zero-order chi connectivity index (χ0) is 13.7.